The van der Waals surface area contributed by atoms with E-state index >= 15 is 0 Å². The Morgan fingerprint density at radius 3 is 2.59 bits per heavy atom. The standard InChI is InChI=1S/C23H29N3O3/c1-5-6-13-25(2)23(27)16-26-19-10-8-7-9-18(19)24-22(26)15-17-11-12-20(28-3)21(14-17)29-4/h7-12,14H,5-6,13,15-16H2,1-4H3. The lowest BCUT2D eigenvalue weighted by Crippen LogP contribution is -2.31. The number of hydrogen-bond donors (Lipinski definition) is 0. The number of unbranched alkanes of at least 4 members (excludes halogenated alkanes) is 1. The van der Waals surface area contributed by atoms with E-state index in [2.05, 4.69) is 6.92 Å². The number of carbonyl (C=O) groups excluding carboxylic acids is 1. The van der Waals surface area contributed by atoms with Crippen LogP contribution in [0.1, 0.15) is 31.2 Å². The second-order valence-corrected chi connectivity index (χ2v) is 7.14. The van der Waals surface area contributed by atoms with Crippen LogP contribution in [0.25, 0.3) is 11.0 Å². The fraction of sp³-hybridized carbons (Fsp3) is 0.391. The number of benzene rings is 2. The first-order valence-electron chi connectivity index (χ1n) is 9.96. The van der Waals surface area contributed by atoms with Gasteiger partial charge in [0.15, 0.2) is 11.5 Å². The number of likely N-dealkylation sites (N-methyl/N-ethyl adjacent to an activating group) is 1. The lowest BCUT2D eigenvalue weighted by atomic mass is 10.1. The Morgan fingerprint density at radius 2 is 1.86 bits per heavy atom. The molecule has 0 aliphatic heterocycles. The molecular weight excluding hydrogens is 366 g/mol. The molecule has 6 heteroatoms. The van der Waals surface area contributed by atoms with Crippen LogP contribution in [0.3, 0.4) is 0 Å². The van der Waals surface area contributed by atoms with Crippen molar-refractivity contribution >= 4 is 16.9 Å². The number of nitrogens with zero attached hydrogens (tertiary/aromatic N) is 3. The van der Waals surface area contributed by atoms with Gasteiger partial charge in [-0.2, -0.15) is 0 Å². The number of hydrogen-bond acceptors (Lipinski definition) is 4. The molecule has 0 radical (unpaired) electrons. The van der Waals surface area contributed by atoms with Crippen LogP contribution >= 0.6 is 0 Å². The van der Waals surface area contributed by atoms with E-state index in [9.17, 15) is 4.79 Å². The summed E-state index contributed by atoms with van der Waals surface area (Å²) in [5.74, 6) is 2.33. The molecule has 0 bridgehead atoms. The van der Waals surface area contributed by atoms with Gasteiger partial charge < -0.3 is 18.9 Å². The molecule has 0 aliphatic carbocycles. The van der Waals surface area contributed by atoms with Crippen LogP contribution in [0.4, 0.5) is 0 Å². The Labute approximate surface area is 172 Å². The number of methoxy groups -OCH3 is 2. The van der Waals surface area contributed by atoms with E-state index in [1.165, 1.54) is 0 Å². The molecule has 0 atom stereocenters. The van der Waals surface area contributed by atoms with E-state index in [1.54, 1.807) is 19.1 Å². The third-order valence-electron chi connectivity index (χ3n) is 5.11. The molecule has 154 valence electrons. The second-order valence-electron chi connectivity index (χ2n) is 7.14. The fourth-order valence-corrected chi connectivity index (χ4v) is 3.39. The molecule has 0 fully saturated rings. The van der Waals surface area contributed by atoms with Crippen molar-refractivity contribution in [1.29, 1.82) is 0 Å². The van der Waals surface area contributed by atoms with Gasteiger partial charge in [0.2, 0.25) is 5.91 Å². The van der Waals surface area contributed by atoms with Crippen LogP contribution in [0.5, 0.6) is 11.5 Å². The van der Waals surface area contributed by atoms with Crippen molar-refractivity contribution in [2.45, 2.75) is 32.7 Å². The molecule has 3 aromatic rings. The summed E-state index contributed by atoms with van der Waals surface area (Å²) >= 11 is 0. The van der Waals surface area contributed by atoms with Crippen molar-refractivity contribution in [2.75, 3.05) is 27.8 Å². The second kappa shape index (κ2) is 9.45. The molecule has 6 nitrogen and oxygen atoms in total. The first kappa shape index (κ1) is 20.7. The van der Waals surface area contributed by atoms with Crippen molar-refractivity contribution < 1.29 is 14.3 Å². The number of amides is 1. The Morgan fingerprint density at radius 1 is 1.10 bits per heavy atom. The minimum absolute atomic E-state index is 0.0927. The number of carbonyl (C=O) groups is 1. The SMILES string of the molecule is CCCCN(C)C(=O)Cn1c(Cc2ccc(OC)c(OC)c2)nc2ccccc21. The predicted octanol–water partition coefficient (Wildman–Crippen LogP) is 3.90. The summed E-state index contributed by atoms with van der Waals surface area (Å²) in [7, 11) is 5.12. The average molecular weight is 396 g/mol. The molecule has 3 rings (SSSR count). The van der Waals surface area contributed by atoms with E-state index in [0.29, 0.717) is 17.9 Å². The minimum Gasteiger partial charge on any atom is -0.493 e. The molecule has 0 saturated carbocycles. The summed E-state index contributed by atoms with van der Waals surface area (Å²) in [6, 6.07) is 13.8. The van der Waals surface area contributed by atoms with Crippen LogP contribution in [0.2, 0.25) is 0 Å². The van der Waals surface area contributed by atoms with Gasteiger partial charge >= 0.3 is 0 Å². The van der Waals surface area contributed by atoms with Crippen LogP contribution in [-0.4, -0.2) is 48.2 Å². The third kappa shape index (κ3) is 4.70. The normalized spacial score (nSPS) is 10.9. The van der Waals surface area contributed by atoms with Gasteiger partial charge in [0, 0.05) is 20.0 Å². The molecule has 1 aromatic heterocycles. The third-order valence-corrected chi connectivity index (χ3v) is 5.11. The molecular formula is C23H29N3O3. The maximum atomic E-state index is 12.8. The number of imidazole rings is 1. The van der Waals surface area contributed by atoms with Gasteiger partial charge in [-0.05, 0) is 36.2 Å². The lowest BCUT2D eigenvalue weighted by molar-refractivity contribution is -0.130. The van der Waals surface area contributed by atoms with E-state index < -0.39 is 0 Å². The number of rotatable bonds is 9. The number of para-hydroxylation sites is 2. The smallest absolute Gasteiger partial charge is 0.242 e. The Kier molecular flexibility index (Phi) is 6.75. The van der Waals surface area contributed by atoms with Gasteiger partial charge in [0.1, 0.15) is 12.4 Å². The molecule has 2 aromatic carbocycles. The average Bonchev–Trinajstić information content (AvgIpc) is 3.08. The number of ether oxygens (including phenoxy) is 2. The quantitative estimate of drug-likeness (QED) is 0.551. The predicted molar refractivity (Wildman–Crippen MR) is 115 cm³/mol. The largest absolute Gasteiger partial charge is 0.493 e. The highest BCUT2D eigenvalue weighted by molar-refractivity contribution is 5.81. The van der Waals surface area contributed by atoms with Crippen LogP contribution in [-0.2, 0) is 17.8 Å². The first-order valence-corrected chi connectivity index (χ1v) is 9.96. The van der Waals surface area contributed by atoms with Gasteiger partial charge in [0.05, 0.1) is 25.3 Å². The minimum atomic E-state index is 0.0927. The van der Waals surface area contributed by atoms with Gasteiger partial charge in [-0.1, -0.05) is 31.5 Å². The monoisotopic (exact) mass is 395 g/mol. The van der Waals surface area contributed by atoms with E-state index in [1.807, 2.05) is 54.1 Å². The van der Waals surface area contributed by atoms with E-state index in [0.717, 1.165) is 41.8 Å². The molecule has 29 heavy (non-hydrogen) atoms. The van der Waals surface area contributed by atoms with Crippen molar-refractivity contribution in [3.63, 3.8) is 0 Å². The summed E-state index contributed by atoms with van der Waals surface area (Å²) < 4.78 is 12.8. The zero-order chi connectivity index (χ0) is 20.8. The zero-order valence-corrected chi connectivity index (χ0v) is 17.6. The van der Waals surface area contributed by atoms with Crippen molar-refractivity contribution in [3.8, 4) is 11.5 Å². The van der Waals surface area contributed by atoms with E-state index in [-0.39, 0.29) is 12.5 Å². The molecule has 1 amide bonds. The summed E-state index contributed by atoms with van der Waals surface area (Å²) in [5, 5.41) is 0. The molecule has 0 aliphatic rings. The lowest BCUT2D eigenvalue weighted by Gasteiger charge is -2.18. The topological polar surface area (TPSA) is 56.6 Å². The summed E-state index contributed by atoms with van der Waals surface area (Å²) in [4.78, 5) is 19.4. The summed E-state index contributed by atoms with van der Waals surface area (Å²) in [6.45, 7) is 3.18. The van der Waals surface area contributed by atoms with Gasteiger partial charge in [0.25, 0.3) is 0 Å². The highest BCUT2D eigenvalue weighted by Crippen LogP contribution is 2.29. The molecule has 0 N–H and O–H groups in total. The molecule has 0 spiro atoms. The van der Waals surface area contributed by atoms with E-state index in [4.69, 9.17) is 14.5 Å². The molecule has 0 saturated heterocycles. The summed E-state index contributed by atoms with van der Waals surface area (Å²) in [6.07, 6.45) is 2.67. The zero-order valence-electron chi connectivity index (χ0n) is 17.6. The van der Waals surface area contributed by atoms with Gasteiger partial charge in [-0.3, -0.25) is 4.79 Å². The van der Waals surface area contributed by atoms with Crippen LogP contribution in [0.15, 0.2) is 42.5 Å². The Bertz CT molecular complexity index is 981. The van der Waals surface area contributed by atoms with Crippen molar-refractivity contribution in [1.82, 2.24) is 14.5 Å². The highest BCUT2D eigenvalue weighted by Gasteiger charge is 2.17. The van der Waals surface area contributed by atoms with Gasteiger partial charge in [-0.15, -0.1) is 0 Å². The van der Waals surface area contributed by atoms with Crippen molar-refractivity contribution in [3.05, 3.63) is 53.9 Å². The Balaban J connectivity index is 1.92. The maximum absolute atomic E-state index is 12.8. The number of fused-ring (bicyclic) bond motifs is 1. The number of aromatic nitrogens is 2. The maximum Gasteiger partial charge on any atom is 0.242 e. The van der Waals surface area contributed by atoms with Crippen LogP contribution in [0, 0.1) is 0 Å². The van der Waals surface area contributed by atoms with Crippen molar-refractivity contribution in [2.24, 2.45) is 0 Å². The molecule has 1 heterocycles. The Hall–Kier alpha value is -3.02. The molecule has 0 unspecified atom stereocenters. The first-order chi connectivity index (χ1) is 14.1. The fourth-order valence-electron chi connectivity index (χ4n) is 3.39. The van der Waals surface area contributed by atoms with Crippen LogP contribution < -0.4 is 9.47 Å². The highest BCUT2D eigenvalue weighted by atomic mass is 16.5. The van der Waals surface area contributed by atoms with Gasteiger partial charge in [-0.25, -0.2) is 4.98 Å². The summed E-state index contributed by atoms with van der Waals surface area (Å²) in [5.41, 5.74) is 2.91.